The molecule has 2 unspecified atom stereocenters. The van der Waals surface area contributed by atoms with Crippen molar-refractivity contribution in [3.63, 3.8) is 0 Å². The number of aliphatic carboxylic acids is 2. The standard InChI is InChI=1S/C20H25N.C4H4O4/c1-15-18-9-5-4-8-16(18)14-17(12-13-21(2)3)20-11-7-6-10-19(15)20;5-3(6)1-2-4(7)8/h4-11,15,17H,12-14H2,1-3H3;1-2H,(H,5,6)(H,7,8)/b;2-1+. The lowest BCUT2D eigenvalue weighted by atomic mass is 9.87. The van der Waals surface area contributed by atoms with Crippen LogP contribution in [0.1, 0.15) is 47.4 Å². The molecule has 2 aromatic rings. The fraction of sp³-hybridized carbons (Fsp3) is 0.333. The molecular formula is C24H29NO4. The molecule has 2 N–H and O–H groups in total. The Labute approximate surface area is 172 Å². The average molecular weight is 395 g/mol. The zero-order valence-corrected chi connectivity index (χ0v) is 17.2. The Bertz CT molecular complexity index is 857. The molecule has 1 aliphatic carbocycles. The Hall–Kier alpha value is -2.92. The molecule has 0 heterocycles. The highest BCUT2D eigenvalue weighted by Crippen LogP contribution is 2.39. The lowest BCUT2D eigenvalue weighted by Gasteiger charge is -2.21. The van der Waals surface area contributed by atoms with Gasteiger partial charge in [0.1, 0.15) is 0 Å². The first-order chi connectivity index (χ1) is 13.8. The normalized spacial score (nSPS) is 17.7. The van der Waals surface area contributed by atoms with E-state index in [0.29, 0.717) is 24.0 Å². The minimum absolute atomic E-state index is 0.502. The van der Waals surface area contributed by atoms with E-state index in [1.165, 1.54) is 29.5 Å². The Morgan fingerprint density at radius 3 is 2.00 bits per heavy atom. The molecule has 0 saturated carbocycles. The average Bonchev–Trinajstić information content (AvgIpc) is 2.81. The lowest BCUT2D eigenvalue weighted by molar-refractivity contribution is -0.134. The zero-order chi connectivity index (χ0) is 21.4. The van der Waals surface area contributed by atoms with Crippen molar-refractivity contribution in [2.45, 2.75) is 31.6 Å². The fourth-order valence-electron chi connectivity index (χ4n) is 3.78. The molecule has 0 aromatic heterocycles. The number of carbonyl (C=O) groups is 2. The van der Waals surface area contributed by atoms with Gasteiger partial charge in [0, 0.05) is 18.1 Å². The quantitative estimate of drug-likeness (QED) is 0.744. The number of rotatable bonds is 5. The molecule has 0 spiro atoms. The van der Waals surface area contributed by atoms with Crippen LogP contribution in [-0.2, 0) is 16.0 Å². The molecule has 0 radical (unpaired) electrons. The number of nitrogens with zero attached hydrogens (tertiary/aromatic N) is 1. The maximum atomic E-state index is 9.55. The second-order valence-electron chi connectivity index (χ2n) is 7.55. The Balaban J connectivity index is 0.000000321. The van der Waals surface area contributed by atoms with Crippen LogP contribution in [0.3, 0.4) is 0 Å². The van der Waals surface area contributed by atoms with E-state index < -0.39 is 11.9 Å². The lowest BCUT2D eigenvalue weighted by Crippen LogP contribution is -2.17. The van der Waals surface area contributed by atoms with Gasteiger partial charge in [-0.3, -0.25) is 0 Å². The third-order valence-electron chi connectivity index (χ3n) is 5.18. The third kappa shape index (κ3) is 6.57. The molecule has 1 aliphatic rings. The van der Waals surface area contributed by atoms with Gasteiger partial charge in [0.25, 0.3) is 0 Å². The molecule has 29 heavy (non-hydrogen) atoms. The first kappa shape index (κ1) is 22.4. The van der Waals surface area contributed by atoms with Crippen molar-refractivity contribution in [2.24, 2.45) is 0 Å². The molecule has 0 bridgehead atoms. The van der Waals surface area contributed by atoms with Gasteiger partial charge >= 0.3 is 11.9 Å². The SMILES string of the molecule is CC1c2ccccc2CC(CCN(C)C)c2ccccc21.O=C(O)/C=C/C(=O)O. The van der Waals surface area contributed by atoms with Crippen molar-refractivity contribution in [1.82, 2.24) is 4.90 Å². The van der Waals surface area contributed by atoms with E-state index in [1.807, 2.05) is 0 Å². The van der Waals surface area contributed by atoms with Gasteiger partial charge in [0.05, 0.1) is 0 Å². The highest BCUT2D eigenvalue weighted by atomic mass is 16.4. The number of hydrogen-bond acceptors (Lipinski definition) is 3. The first-order valence-corrected chi connectivity index (χ1v) is 9.74. The number of benzene rings is 2. The summed E-state index contributed by atoms with van der Waals surface area (Å²) in [5.74, 6) is -1.38. The molecule has 0 saturated heterocycles. The van der Waals surface area contributed by atoms with Gasteiger partial charge in [-0.25, -0.2) is 9.59 Å². The van der Waals surface area contributed by atoms with Crippen LogP contribution in [0.4, 0.5) is 0 Å². The van der Waals surface area contributed by atoms with Crippen LogP contribution < -0.4 is 0 Å². The van der Waals surface area contributed by atoms with E-state index in [9.17, 15) is 9.59 Å². The first-order valence-electron chi connectivity index (χ1n) is 9.74. The van der Waals surface area contributed by atoms with Gasteiger partial charge in [-0.2, -0.15) is 0 Å². The molecule has 3 rings (SSSR count). The summed E-state index contributed by atoms with van der Waals surface area (Å²) in [6.45, 7) is 3.50. The van der Waals surface area contributed by atoms with Gasteiger partial charge in [-0.1, -0.05) is 55.5 Å². The molecule has 2 aromatic carbocycles. The smallest absolute Gasteiger partial charge is 0.328 e. The van der Waals surface area contributed by atoms with Gasteiger partial charge < -0.3 is 15.1 Å². The minimum Gasteiger partial charge on any atom is -0.478 e. The Morgan fingerprint density at radius 1 is 0.931 bits per heavy atom. The minimum atomic E-state index is -1.26. The van der Waals surface area contributed by atoms with Crippen LogP contribution in [0, 0.1) is 0 Å². The van der Waals surface area contributed by atoms with E-state index in [0.717, 1.165) is 6.54 Å². The zero-order valence-electron chi connectivity index (χ0n) is 17.2. The van der Waals surface area contributed by atoms with E-state index in [-0.39, 0.29) is 0 Å². The number of hydrogen-bond donors (Lipinski definition) is 2. The van der Waals surface area contributed by atoms with Crippen LogP contribution in [0.5, 0.6) is 0 Å². The monoisotopic (exact) mass is 395 g/mol. The van der Waals surface area contributed by atoms with Gasteiger partial charge in [-0.15, -0.1) is 0 Å². The summed E-state index contributed by atoms with van der Waals surface area (Å²) in [7, 11) is 4.33. The summed E-state index contributed by atoms with van der Waals surface area (Å²) < 4.78 is 0. The summed E-state index contributed by atoms with van der Waals surface area (Å²) >= 11 is 0. The topological polar surface area (TPSA) is 77.8 Å². The van der Waals surface area contributed by atoms with Gasteiger partial charge in [0.15, 0.2) is 0 Å². The summed E-state index contributed by atoms with van der Waals surface area (Å²) in [5, 5.41) is 15.6. The van der Waals surface area contributed by atoms with Crippen molar-refractivity contribution >= 4 is 11.9 Å². The van der Waals surface area contributed by atoms with Crippen molar-refractivity contribution in [2.75, 3.05) is 20.6 Å². The van der Waals surface area contributed by atoms with Crippen molar-refractivity contribution < 1.29 is 19.8 Å². The summed E-state index contributed by atoms with van der Waals surface area (Å²) in [4.78, 5) is 21.4. The molecule has 0 fully saturated rings. The van der Waals surface area contributed by atoms with Crippen LogP contribution in [-0.4, -0.2) is 47.7 Å². The number of carboxylic acid groups (broad SMARTS) is 2. The van der Waals surface area contributed by atoms with Gasteiger partial charge in [-0.05, 0) is 61.7 Å². The van der Waals surface area contributed by atoms with Crippen LogP contribution >= 0.6 is 0 Å². The van der Waals surface area contributed by atoms with E-state index in [4.69, 9.17) is 10.2 Å². The van der Waals surface area contributed by atoms with Crippen LogP contribution in [0.25, 0.3) is 0 Å². The predicted molar refractivity (Wildman–Crippen MR) is 114 cm³/mol. The van der Waals surface area contributed by atoms with Crippen LogP contribution in [0.2, 0.25) is 0 Å². The molecule has 2 atom stereocenters. The second-order valence-corrected chi connectivity index (χ2v) is 7.55. The third-order valence-corrected chi connectivity index (χ3v) is 5.18. The van der Waals surface area contributed by atoms with Gasteiger partial charge in [0.2, 0.25) is 0 Å². The Morgan fingerprint density at radius 2 is 1.45 bits per heavy atom. The van der Waals surface area contributed by atoms with Crippen molar-refractivity contribution in [3.05, 3.63) is 82.9 Å². The number of carboxylic acids is 2. The van der Waals surface area contributed by atoms with E-state index in [1.54, 1.807) is 5.56 Å². The molecule has 0 aliphatic heterocycles. The molecule has 0 amide bonds. The molecular weight excluding hydrogens is 366 g/mol. The van der Waals surface area contributed by atoms with Crippen molar-refractivity contribution in [1.29, 1.82) is 0 Å². The molecule has 154 valence electrons. The second kappa shape index (κ2) is 10.6. The number of fused-ring (bicyclic) bond motifs is 2. The summed E-state index contributed by atoms with van der Waals surface area (Å²) in [5.41, 5.74) is 6.12. The largest absolute Gasteiger partial charge is 0.478 e. The predicted octanol–water partition coefficient (Wildman–Crippen LogP) is 4.14. The summed E-state index contributed by atoms with van der Waals surface area (Å²) in [6, 6.07) is 18.0. The summed E-state index contributed by atoms with van der Waals surface area (Å²) in [6.07, 6.45) is 3.51. The van der Waals surface area contributed by atoms with Crippen LogP contribution in [0.15, 0.2) is 60.7 Å². The molecule has 5 nitrogen and oxygen atoms in total. The highest BCUT2D eigenvalue weighted by molar-refractivity contribution is 5.89. The van der Waals surface area contributed by atoms with Crippen molar-refractivity contribution in [3.8, 4) is 0 Å². The van der Waals surface area contributed by atoms with E-state index >= 15 is 0 Å². The maximum Gasteiger partial charge on any atom is 0.328 e. The maximum absolute atomic E-state index is 9.55. The highest BCUT2D eigenvalue weighted by Gasteiger charge is 2.25. The molecule has 5 heteroatoms. The van der Waals surface area contributed by atoms with E-state index in [2.05, 4.69) is 74.4 Å². The fourth-order valence-corrected chi connectivity index (χ4v) is 3.78. The Kier molecular flexibility index (Phi) is 8.16.